The molecule has 0 N–H and O–H groups in total. The van der Waals surface area contributed by atoms with Crippen LogP contribution in [0.2, 0.25) is 0 Å². The lowest BCUT2D eigenvalue weighted by Crippen LogP contribution is -2.26. The van der Waals surface area contributed by atoms with Crippen molar-refractivity contribution in [2.75, 3.05) is 0 Å². The summed E-state index contributed by atoms with van der Waals surface area (Å²) in [4.78, 5) is 69.8. The molecule has 0 saturated heterocycles. The molecule has 2 fully saturated rings. The highest BCUT2D eigenvalue weighted by molar-refractivity contribution is 6.68. The second-order valence-corrected chi connectivity index (χ2v) is 9.38. The van der Waals surface area contributed by atoms with Gasteiger partial charge < -0.3 is 0 Å². The summed E-state index contributed by atoms with van der Waals surface area (Å²) in [6.45, 7) is 0. The van der Waals surface area contributed by atoms with E-state index in [1.54, 1.807) is 12.1 Å². The molecular formula is C30H22O6. The van der Waals surface area contributed by atoms with E-state index in [0.717, 1.165) is 34.2 Å². The van der Waals surface area contributed by atoms with Gasteiger partial charge in [0.1, 0.15) is 0 Å². The molecule has 3 aromatic carbocycles. The number of rotatable bonds is 6. The van der Waals surface area contributed by atoms with Gasteiger partial charge >= 0.3 is 0 Å². The number of carbonyl (C=O) groups excluding carboxylic acids is 6. The summed E-state index contributed by atoms with van der Waals surface area (Å²) in [6, 6.07) is 20.7. The van der Waals surface area contributed by atoms with E-state index in [2.05, 4.69) is 0 Å². The molecular weight excluding hydrogens is 456 g/mol. The molecule has 2 aliphatic carbocycles. The largest absolute Gasteiger partial charge is 0.298 e. The van der Waals surface area contributed by atoms with E-state index >= 15 is 0 Å². The number of aldehydes is 2. The topological polar surface area (TPSA) is 102 Å². The SMILES string of the molecule is O=CC(=O)c1ccc(-c2ccc(-c3ccc(C4CCC5C(=O)C(=O)C(=O)C5C4)cc3)cc2)cc1C=O. The zero-order valence-corrected chi connectivity index (χ0v) is 19.3. The number of fused-ring (bicyclic) bond motifs is 1. The van der Waals surface area contributed by atoms with E-state index in [4.69, 9.17) is 0 Å². The Hall–Kier alpha value is -4.32. The average molecular weight is 479 g/mol. The molecule has 0 amide bonds. The van der Waals surface area contributed by atoms with Crippen molar-refractivity contribution in [1.82, 2.24) is 0 Å². The van der Waals surface area contributed by atoms with E-state index in [1.807, 2.05) is 48.5 Å². The smallest absolute Gasteiger partial charge is 0.264 e. The Morgan fingerprint density at radius 1 is 0.694 bits per heavy atom. The van der Waals surface area contributed by atoms with Gasteiger partial charge in [0.05, 0.1) is 0 Å². The molecule has 0 bridgehead atoms. The Balaban J connectivity index is 1.32. The normalized spacial score (nSPS) is 21.2. The molecule has 3 unspecified atom stereocenters. The maximum absolute atomic E-state index is 12.2. The fraction of sp³-hybridized carbons (Fsp3) is 0.200. The van der Waals surface area contributed by atoms with Crippen molar-refractivity contribution in [2.24, 2.45) is 11.8 Å². The molecule has 3 atom stereocenters. The van der Waals surface area contributed by atoms with Crippen molar-refractivity contribution in [3.63, 3.8) is 0 Å². The van der Waals surface area contributed by atoms with Gasteiger partial charge in [0, 0.05) is 23.0 Å². The average Bonchev–Trinajstić information content (AvgIpc) is 3.15. The summed E-state index contributed by atoms with van der Waals surface area (Å²) in [5.41, 5.74) is 5.00. The molecule has 178 valence electrons. The second-order valence-electron chi connectivity index (χ2n) is 9.38. The lowest BCUT2D eigenvalue weighted by Gasteiger charge is -2.29. The molecule has 3 aromatic rings. The molecule has 0 aliphatic heterocycles. The number of benzene rings is 3. The summed E-state index contributed by atoms with van der Waals surface area (Å²) < 4.78 is 0. The number of Topliss-reactive ketones (excluding diaryl/α,β-unsaturated/α-hetero) is 4. The first-order valence-corrected chi connectivity index (χ1v) is 11.8. The standard InChI is InChI=1S/C30H22O6/c31-15-23-13-21(9-11-24(23)27(33)16-32)19-5-1-17(2-6-19)18-3-7-20(8-4-18)22-10-12-25-26(14-22)29(35)30(36)28(25)34/h1-9,11,13,15-16,22,25-26H,10,12,14H2. The van der Waals surface area contributed by atoms with E-state index in [-0.39, 0.29) is 23.3 Å². The predicted molar refractivity (Wildman–Crippen MR) is 132 cm³/mol. The molecule has 0 spiro atoms. The Morgan fingerprint density at radius 2 is 1.25 bits per heavy atom. The van der Waals surface area contributed by atoms with Crippen LogP contribution in [0.25, 0.3) is 22.3 Å². The fourth-order valence-electron chi connectivity index (χ4n) is 5.47. The van der Waals surface area contributed by atoms with Gasteiger partial charge in [-0.2, -0.15) is 0 Å². The molecule has 6 nitrogen and oxygen atoms in total. The van der Waals surface area contributed by atoms with Gasteiger partial charge in [-0.05, 0) is 65.1 Å². The van der Waals surface area contributed by atoms with Crippen molar-refractivity contribution in [3.05, 3.63) is 83.4 Å². The van der Waals surface area contributed by atoms with Crippen LogP contribution in [0.3, 0.4) is 0 Å². The third kappa shape index (κ3) is 4.05. The van der Waals surface area contributed by atoms with E-state index in [0.29, 0.717) is 19.1 Å². The molecule has 36 heavy (non-hydrogen) atoms. The first kappa shape index (κ1) is 23.4. The van der Waals surface area contributed by atoms with E-state index in [9.17, 15) is 28.8 Å². The van der Waals surface area contributed by atoms with Crippen molar-refractivity contribution in [1.29, 1.82) is 0 Å². The zero-order valence-electron chi connectivity index (χ0n) is 19.3. The monoisotopic (exact) mass is 478 g/mol. The highest BCUT2D eigenvalue weighted by atomic mass is 16.2. The Kier molecular flexibility index (Phi) is 6.10. The van der Waals surface area contributed by atoms with Crippen molar-refractivity contribution in [2.45, 2.75) is 25.2 Å². The summed E-state index contributed by atoms with van der Waals surface area (Å²) in [7, 11) is 0. The lowest BCUT2D eigenvalue weighted by atomic mass is 9.73. The van der Waals surface area contributed by atoms with Crippen LogP contribution in [0.15, 0.2) is 66.7 Å². The molecule has 6 heteroatoms. The minimum atomic E-state index is -0.822. The van der Waals surface area contributed by atoms with Crippen molar-refractivity contribution >= 4 is 35.7 Å². The van der Waals surface area contributed by atoms with Gasteiger partial charge in [-0.1, -0.05) is 54.6 Å². The molecule has 5 rings (SSSR count). The van der Waals surface area contributed by atoms with Gasteiger partial charge in [0.15, 0.2) is 12.6 Å². The Morgan fingerprint density at radius 3 is 1.86 bits per heavy atom. The minimum Gasteiger partial charge on any atom is -0.298 e. The summed E-state index contributed by atoms with van der Waals surface area (Å²) >= 11 is 0. The van der Waals surface area contributed by atoms with Gasteiger partial charge in [0.2, 0.25) is 17.3 Å². The first-order chi connectivity index (χ1) is 17.4. The van der Waals surface area contributed by atoms with Crippen LogP contribution in [0.4, 0.5) is 0 Å². The fourth-order valence-corrected chi connectivity index (χ4v) is 5.47. The minimum absolute atomic E-state index is 0.0874. The molecule has 2 saturated carbocycles. The van der Waals surface area contributed by atoms with Crippen LogP contribution >= 0.6 is 0 Å². The number of ketones is 4. The van der Waals surface area contributed by atoms with E-state index in [1.165, 1.54) is 6.07 Å². The number of hydrogen-bond acceptors (Lipinski definition) is 6. The van der Waals surface area contributed by atoms with E-state index < -0.39 is 35.0 Å². The Bertz CT molecular complexity index is 1410. The molecule has 2 aliphatic rings. The first-order valence-electron chi connectivity index (χ1n) is 11.8. The quantitative estimate of drug-likeness (QED) is 0.295. The predicted octanol–water partition coefficient (Wildman–Crippen LogP) is 4.44. The number of carbonyl (C=O) groups is 6. The van der Waals surface area contributed by atoms with Crippen LogP contribution in [-0.2, 0) is 19.2 Å². The second kappa shape index (κ2) is 9.38. The van der Waals surface area contributed by atoms with Crippen molar-refractivity contribution in [3.8, 4) is 22.3 Å². The van der Waals surface area contributed by atoms with Crippen LogP contribution < -0.4 is 0 Å². The molecule has 0 heterocycles. The highest BCUT2D eigenvalue weighted by Crippen LogP contribution is 2.43. The maximum atomic E-state index is 12.2. The van der Waals surface area contributed by atoms with Crippen LogP contribution in [-0.4, -0.2) is 35.7 Å². The summed E-state index contributed by atoms with van der Waals surface area (Å²) in [5, 5.41) is 0. The van der Waals surface area contributed by atoms with Gasteiger partial charge in [0.25, 0.3) is 5.78 Å². The highest BCUT2D eigenvalue weighted by Gasteiger charge is 2.51. The summed E-state index contributed by atoms with van der Waals surface area (Å²) in [6.07, 6.45) is 2.66. The third-order valence-electron chi connectivity index (χ3n) is 7.46. The Labute approximate surface area is 207 Å². The van der Waals surface area contributed by atoms with Crippen LogP contribution in [0.1, 0.15) is 51.5 Å². The molecule has 0 radical (unpaired) electrons. The van der Waals surface area contributed by atoms with Crippen molar-refractivity contribution < 1.29 is 28.8 Å². The maximum Gasteiger partial charge on any atom is 0.264 e. The summed E-state index contributed by atoms with van der Waals surface area (Å²) in [5.74, 6) is -3.33. The van der Waals surface area contributed by atoms with Crippen LogP contribution in [0.5, 0.6) is 0 Å². The number of hydrogen-bond donors (Lipinski definition) is 0. The molecule has 0 aromatic heterocycles. The lowest BCUT2D eigenvalue weighted by molar-refractivity contribution is -0.141. The van der Waals surface area contributed by atoms with Crippen LogP contribution in [0, 0.1) is 11.8 Å². The van der Waals surface area contributed by atoms with Gasteiger partial charge in [-0.3, -0.25) is 28.8 Å². The third-order valence-corrected chi connectivity index (χ3v) is 7.46. The zero-order chi connectivity index (χ0) is 25.4. The van der Waals surface area contributed by atoms with Gasteiger partial charge in [-0.25, -0.2) is 0 Å². The van der Waals surface area contributed by atoms with Gasteiger partial charge in [-0.15, -0.1) is 0 Å².